The third-order valence-electron chi connectivity index (χ3n) is 5.65. The van der Waals surface area contributed by atoms with E-state index < -0.39 is 0 Å². The van der Waals surface area contributed by atoms with Crippen LogP contribution in [0.25, 0.3) is 0 Å². The summed E-state index contributed by atoms with van der Waals surface area (Å²) >= 11 is 0. The highest BCUT2D eigenvalue weighted by Gasteiger charge is 2.59. The van der Waals surface area contributed by atoms with Crippen molar-refractivity contribution < 1.29 is 18.8 Å². The maximum absolute atomic E-state index is 12.6. The molecule has 1 aliphatic heterocycles. The summed E-state index contributed by atoms with van der Waals surface area (Å²) in [5.41, 5.74) is 0.920. The van der Waals surface area contributed by atoms with E-state index in [1.807, 2.05) is 13.0 Å². The molecule has 1 aromatic rings. The number of rotatable bonds is 4. The number of nitrogens with zero attached hydrogens (tertiary/aromatic N) is 2. The van der Waals surface area contributed by atoms with Crippen LogP contribution in [0, 0.1) is 30.6 Å². The van der Waals surface area contributed by atoms with Crippen molar-refractivity contribution in [3.8, 4) is 0 Å². The van der Waals surface area contributed by atoms with Gasteiger partial charge in [-0.2, -0.15) is 0 Å². The fourth-order valence-corrected chi connectivity index (χ4v) is 4.29. The highest BCUT2D eigenvalue weighted by atomic mass is 16.3. The van der Waals surface area contributed by atoms with Crippen LogP contribution in [-0.4, -0.2) is 41.1 Å². The highest BCUT2D eigenvalue weighted by molar-refractivity contribution is 6.08. The molecule has 0 spiro atoms. The van der Waals surface area contributed by atoms with Gasteiger partial charge in [0.1, 0.15) is 12.3 Å². The van der Waals surface area contributed by atoms with Crippen LogP contribution < -0.4 is 0 Å². The average Bonchev–Trinajstić information content (AvgIpc) is 3.30. The number of hydrogen-bond acceptors (Lipinski definition) is 4. The number of carbonyl (C=O) groups excluding carboxylic acids is 3. The topological polar surface area (TPSA) is 70.8 Å². The number of amides is 3. The Balaban J connectivity index is 1.44. The van der Waals surface area contributed by atoms with Gasteiger partial charge < -0.3 is 9.32 Å². The molecule has 1 saturated carbocycles. The monoisotopic (exact) mass is 328 g/mol. The lowest BCUT2D eigenvalue weighted by atomic mass is 9.85. The summed E-state index contributed by atoms with van der Waals surface area (Å²) in [5, 5.41) is 0. The van der Waals surface area contributed by atoms with Gasteiger partial charge >= 0.3 is 0 Å². The minimum atomic E-state index is -0.248. The van der Waals surface area contributed by atoms with Crippen LogP contribution in [-0.2, 0) is 20.9 Å². The molecule has 6 heteroatoms. The first-order valence-electron chi connectivity index (χ1n) is 8.28. The van der Waals surface area contributed by atoms with Gasteiger partial charge in [0.05, 0.1) is 18.1 Å². The van der Waals surface area contributed by atoms with Crippen molar-refractivity contribution in [3.63, 3.8) is 0 Å². The molecule has 0 radical (unpaired) electrons. The molecule has 4 rings (SSSR count). The molecule has 126 valence electrons. The molecule has 2 fully saturated rings. The molecule has 2 aliphatic carbocycles. The van der Waals surface area contributed by atoms with Gasteiger partial charge in [-0.15, -0.1) is 0 Å². The van der Waals surface area contributed by atoms with E-state index in [0.717, 1.165) is 17.7 Å². The molecule has 1 aromatic heterocycles. The molecule has 4 unspecified atom stereocenters. The van der Waals surface area contributed by atoms with E-state index in [1.165, 1.54) is 9.80 Å². The van der Waals surface area contributed by atoms with E-state index in [1.54, 1.807) is 13.3 Å². The van der Waals surface area contributed by atoms with Crippen LogP contribution in [0.1, 0.15) is 17.7 Å². The summed E-state index contributed by atoms with van der Waals surface area (Å²) in [6.45, 7) is 2.07. The quantitative estimate of drug-likeness (QED) is 0.618. The lowest BCUT2D eigenvalue weighted by molar-refractivity contribution is -0.146. The van der Waals surface area contributed by atoms with Crippen molar-refractivity contribution in [3.05, 3.63) is 35.8 Å². The molecule has 4 atom stereocenters. The lowest BCUT2D eigenvalue weighted by Gasteiger charge is -2.21. The zero-order chi connectivity index (χ0) is 17.0. The Bertz CT molecular complexity index is 720. The summed E-state index contributed by atoms with van der Waals surface area (Å²) in [6, 6.07) is 1.82. The largest absolute Gasteiger partial charge is 0.469 e. The van der Waals surface area contributed by atoms with E-state index in [2.05, 4.69) is 12.2 Å². The molecular formula is C18H20N2O4. The molecular weight excluding hydrogens is 308 g/mol. The molecule has 3 amide bonds. The second kappa shape index (κ2) is 5.33. The normalized spacial score (nSPS) is 30.3. The summed E-state index contributed by atoms with van der Waals surface area (Å²) in [6.07, 6.45) is 6.58. The molecule has 2 bridgehead atoms. The predicted octanol–water partition coefficient (Wildman–Crippen LogP) is 1.35. The number of carbonyl (C=O) groups is 3. The summed E-state index contributed by atoms with van der Waals surface area (Å²) < 4.78 is 5.23. The zero-order valence-electron chi connectivity index (χ0n) is 13.8. The van der Waals surface area contributed by atoms with Gasteiger partial charge in [0.2, 0.25) is 17.7 Å². The molecule has 0 aromatic carbocycles. The molecule has 2 heterocycles. The molecule has 24 heavy (non-hydrogen) atoms. The Hall–Kier alpha value is -2.37. The smallest absolute Gasteiger partial charge is 0.242 e. The molecule has 6 nitrogen and oxygen atoms in total. The Morgan fingerprint density at radius 1 is 1.25 bits per heavy atom. The van der Waals surface area contributed by atoms with Gasteiger partial charge in [0, 0.05) is 19.2 Å². The third-order valence-corrected chi connectivity index (χ3v) is 5.65. The van der Waals surface area contributed by atoms with Crippen LogP contribution in [0.3, 0.4) is 0 Å². The van der Waals surface area contributed by atoms with Crippen molar-refractivity contribution in [2.24, 2.45) is 23.7 Å². The van der Waals surface area contributed by atoms with Gasteiger partial charge in [-0.05, 0) is 31.2 Å². The van der Waals surface area contributed by atoms with Crippen LogP contribution in [0.4, 0.5) is 0 Å². The first kappa shape index (κ1) is 15.2. The Morgan fingerprint density at radius 2 is 1.88 bits per heavy atom. The van der Waals surface area contributed by atoms with E-state index in [-0.39, 0.29) is 47.9 Å². The number of imide groups is 1. The predicted molar refractivity (Wildman–Crippen MR) is 84.4 cm³/mol. The van der Waals surface area contributed by atoms with E-state index in [9.17, 15) is 14.4 Å². The second-order valence-corrected chi connectivity index (χ2v) is 7.01. The molecule has 1 saturated heterocycles. The highest BCUT2D eigenvalue weighted by Crippen LogP contribution is 2.52. The van der Waals surface area contributed by atoms with Gasteiger partial charge in [0.15, 0.2) is 0 Å². The van der Waals surface area contributed by atoms with Crippen molar-refractivity contribution in [2.45, 2.75) is 19.9 Å². The van der Waals surface area contributed by atoms with Gasteiger partial charge in [-0.3, -0.25) is 19.3 Å². The first-order chi connectivity index (χ1) is 11.5. The molecule has 0 N–H and O–H groups in total. The minimum absolute atomic E-state index is 0.169. The van der Waals surface area contributed by atoms with Crippen LogP contribution in [0.2, 0.25) is 0 Å². The number of likely N-dealkylation sites (N-methyl/N-ethyl adjacent to an activating group) is 1. The number of fused-ring (bicyclic) bond motifs is 5. The Labute approximate surface area is 140 Å². The van der Waals surface area contributed by atoms with Crippen molar-refractivity contribution >= 4 is 17.7 Å². The standard InChI is InChI=1S/C18H20N2O4/c1-10-13(5-6-24-10)8-19(2)14(21)9-20-17(22)15-11-3-4-12(7-11)16(15)18(20)23/h3-6,11-12,15-16H,7-9H2,1-2H3. The zero-order valence-corrected chi connectivity index (χ0v) is 13.8. The fraction of sp³-hybridized carbons (Fsp3) is 0.500. The van der Waals surface area contributed by atoms with Crippen LogP contribution in [0.15, 0.2) is 28.9 Å². The lowest BCUT2D eigenvalue weighted by Crippen LogP contribution is -2.42. The van der Waals surface area contributed by atoms with Crippen molar-refractivity contribution in [1.82, 2.24) is 9.80 Å². The van der Waals surface area contributed by atoms with Gasteiger partial charge in [-0.1, -0.05) is 12.2 Å². The SMILES string of the molecule is Cc1occc1CN(C)C(=O)CN1C(=O)C2C3C=CC(C3)C2C1=O. The number of allylic oxidation sites excluding steroid dienone is 2. The number of likely N-dealkylation sites (tertiary alicyclic amines) is 1. The van der Waals surface area contributed by atoms with E-state index >= 15 is 0 Å². The maximum atomic E-state index is 12.6. The maximum Gasteiger partial charge on any atom is 0.242 e. The Morgan fingerprint density at radius 3 is 2.42 bits per heavy atom. The van der Waals surface area contributed by atoms with Gasteiger partial charge in [0.25, 0.3) is 0 Å². The summed E-state index contributed by atoms with van der Waals surface area (Å²) in [7, 11) is 1.67. The first-order valence-corrected chi connectivity index (χ1v) is 8.28. The number of aryl methyl sites for hydroxylation is 1. The van der Waals surface area contributed by atoms with E-state index in [0.29, 0.717) is 6.54 Å². The van der Waals surface area contributed by atoms with Crippen molar-refractivity contribution in [1.29, 1.82) is 0 Å². The Kier molecular flexibility index (Phi) is 3.37. The third kappa shape index (κ3) is 2.12. The molecule has 3 aliphatic rings. The van der Waals surface area contributed by atoms with E-state index in [4.69, 9.17) is 4.42 Å². The van der Waals surface area contributed by atoms with Crippen LogP contribution >= 0.6 is 0 Å². The summed E-state index contributed by atoms with van der Waals surface area (Å²) in [5.74, 6) is 0.0121. The summed E-state index contributed by atoms with van der Waals surface area (Å²) in [4.78, 5) is 40.4. The number of hydrogen-bond donors (Lipinski definition) is 0. The second-order valence-electron chi connectivity index (χ2n) is 7.01. The average molecular weight is 328 g/mol. The van der Waals surface area contributed by atoms with Crippen molar-refractivity contribution in [2.75, 3.05) is 13.6 Å². The van der Waals surface area contributed by atoms with Gasteiger partial charge in [-0.25, -0.2) is 0 Å². The minimum Gasteiger partial charge on any atom is -0.469 e. The number of furan rings is 1. The fourth-order valence-electron chi connectivity index (χ4n) is 4.29. The van der Waals surface area contributed by atoms with Crippen LogP contribution in [0.5, 0.6) is 0 Å².